The lowest BCUT2D eigenvalue weighted by atomic mass is 10.1. The number of rotatable bonds is 4. The van der Waals surface area contributed by atoms with Crippen molar-refractivity contribution in [2.45, 2.75) is 0 Å². The van der Waals surface area contributed by atoms with E-state index in [0.717, 1.165) is 34.1 Å². The predicted molar refractivity (Wildman–Crippen MR) is 118 cm³/mol. The number of fused-ring (bicyclic) bond motifs is 1. The summed E-state index contributed by atoms with van der Waals surface area (Å²) in [6.45, 7) is 0.478. The maximum Gasteiger partial charge on any atom is 0.292 e. The first-order chi connectivity index (χ1) is 14.4. The normalized spacial score (nSPS) is 12.5. The summed E-state index contributed by atoms with van der Waals surface area (Å²) in [6.07, 6.45) is 2.16. The van der Waals surface area contributed by atoms with Gasteiger partial charge in [0.2, 0.25) is 5.69 Å². The Labute approximate surface area is 170 Å². The molecular formula is C26H21N2O+. The third-order valence-corrected chi connectivity index (χ3v) is 5.03. The summed E-state index contributed by atoms with van der Waals surface area (Å²) in [4.78, 5) is 2.24. The maximum atomic E-state index is 6.30. The van der Waals surface area contributed by atoms with Gasteiger partial charge in [0, 0.05) is 23.5 Å². The average molecular weight is 377 g/mol. The SMILES string of the molecule is C1=[N+](c2ccccc2)COc2c1cccc2N(c1ccccc1)c1ccccc1. The molecule has 3 nitrogen and oxygen atoms in total. The Morgan fingerprint density at radius 2 is 1.21 bits per heavy atom. The third kappa shape index (κ3) is 3.39. The van der Waals surface area contributed by atoms with E-state index in [9.17, 15) is 0 Å². The molecule has 0 saturated carbocycles. The van der Waals surface area contributed by atoms with E-state index < -0.39 is 0 Å². The quantitative estimate of drug-likeness (QED) is 0.390. The molecular weight excluding hydrogens is 356 g/mol. The molecule has 0 saturated heterocycles. The molecule has 1 aliphatic rings. The second-order valence-electron chi connectivity index (χ2n) is 6.91. The van der Waals surface area contributed by atoms with Crippen LogP contribution in [0.2, 0.25) is 0 Å². The van der Waals surface area contributed by atoms with Crippen LogP contribution < -0.4 is 9.64 Å². The van der Waals surface area contributed by atoms with Gasteiger partial charge in [0.05, 0.1) is 11.3 Å². The fourth-order valence-corrected chi connectivity index (χ4v) is 3.67. The predicted octanol–water partition coefficient (Wildman–Crippen LogP) is 6.27. The van der Waals surface area contributed by atoms with Crippen LogP contribution in [0.4, 0.5) is 22.7 Å². The summed E-state index contributed by atoms with van der Waals surface area (Å²) in [6, 6.07) is 37.4. The molecule has 140 valence electrons. The number of hydrogen-bond acceptors (Lipinski definition) is 2. The summed E-state index contributed by atoms with van der Waals surface area (Å²) < 4.78 is 8.43. The lowest BCUT2D eigenvalue weighted by Gasteiger charge is -2.28. The van der Waals surface area contributed by atoms with Crippen LogP contribution in [0.25, 0.3) is 0 Å². The smallest absolute Gasteiger partial charge is 0.292 e. The van der Waals surface area contributed by atoms with Gasteiger partial charge in [-0.05, 0) is 36.4 Å². The van der Waals surface area contributed by atoms with Crippen LogP contribution in [0.5, 0.6) is 5.75 Å². The van der Waals surface area contributed by atoms with E-state index in [2.05, 4.69) is 94.6 Å². The first kappa shape index (κ1) is 17.3. The molecule has 1 heterocycles. The third-order valence-electron chi connectivity index (χ3n) is 5.03. The zero-order valence-electron chi connectivity index (χ0n) is 16.0. The first-order valence-corrected chi connectivity index (χ1v) is 9.73. The van der Waals surface area contributed by atoms with Gasteiger partial charge in [-0.25, -0.2) is 0 Å². The van der Waals surface area contributed by atoms with Crippen LogP contribution >= 0.6 is 0 Å². The van der Waals surface area contributed by atoms with Gasteiger partial charge in [0.15, 0.2) is 12.0 Å². The van der Waals surface area contributed by atoms with E-state index in [1.807, 2.05) is 30.3 Å². The first-order valence-electron chi connectivity index (χ1n) is 9.73. The largest absolute Gasteiger partial charge is 0.433 e. The molecule has 4 aromatic carbocycles. The van der Waals surface area contributed by atoms with E-state index >= 15 is 0 Å². The average Bonchev–Trinajstić information content (AvgIpc) is 2.81. The van der Waals surface area contributed by atoms with Crippen LogP contribution in [-0.4, -0.2) is 17.5 Å². The summed E-state index contributed by atoms with van der Waals surface area (Å²) in [5.41, 5.74) is 5.41. The summed E-state index contributed by atoms with van der Waals surface area (Å²) in [5.74, 6) is 0.896. The zero-order chi connectivity index (χ0) is 19.5. The molecule has 5 rings (SSSR count). The Morgan fingerprint density at radius 1 is 0.621 bits per heavy atom. The second-order valence-corrected chi connectivity index (χ2v) is 6.91. The molecule has 1 aliphatic heterocycles. The molecule has 0 atom stereocenters. The van der Waals surface area contributed by atoms with Crippen LogP contribution in [0.15, 0.2) is 109 Å². The van der Waals surface area contributed by atoms with E-state index in [-0.39, 0.29) is 0 Å². The number of ether oxygens (including phenoxy) is 1. The van der Waals surface area contributed by atoms with Gasteiger partial charge in [-0.2, -0.15) is 4.58 Å². The van der Waals surface area contributed by atoms with Crippen molar-refractivity contribution in [3.8, 4) is 5.75 Å². The molecule has 0 aromatic heterocycles. The van der Waals surface area contributed by atoms with Crippen molar-refractivity contribution < 1.29 is 9.31 Å². The van der Waals surface area contributed by atoms with Crippen molar-refractivity contribution in [2.75, 3.05) is 11.6 Å². The molecule has 29 heavy (non-hydrogen) atoms. The standard InChI is InChI=1S/C26H21N2O/c1-4-12-22(13-5-1)27-19-21-11-10-18-25(26(21)29-20-27)28(23-14-6-2-7-15-23)24-16-8-3-9-17-24/h1-19H,20H2/q+1. The number of benzene rings is 4. The Morgan fingerprint density at radius 3 is 1.83 bits per heavy atom. The summed E-state index contributed by atoms with van der Waals surface area (Å²) in [7, 11) is 0. The minimum atomic E-state index is 0.478. The monoisotopic (exact) mass is 377 g/mol. The van der Waals surface area contributed by atoms with Crippen LogP contribution in [0.1, 0.15) is 5.56 Å². The van der Waals surface area contributed by atoms with Crippen molar-refractivity contribution in [1.29, 1.82) is 0 Å². The van der Waals surface area contributed by atoms with E-state index in [4.69, 9.17) is 4.74 Å². The Bertz CT molecular complexity index is 1100. The highest BCUT2D eigenvalue weighted by Crippen LogP contribution is 2.42. The second kappa shape index (κ2) is 7.64. The van der Waals surface area contributed by atoms with Gasteiger partial charge in [0.1, 0.15) is 0 Å². The van der Waals surface area contributed by atoms with Gasteiger partial charge >= 0.3 is 0 Å². The highest BCUT2D eigenvalue weighted by atomic mass is 16.5. The van der Waals surface area contributed by atoms with Crippen molar-refractivity contribution in [3.05, 3.63) is 115 Å². The lowest BCUT2D eigenvalue weighted by Crippen LogP contribution is -2.22. The van der Waals surface area contributed by atoms with Crippen LogP contribution in [0.3, 0.4) is 0 Å². The minimum absolute atomic E-state index is 0.478. The van der Waals surface area contributed by atoms with Crippen molar-refractivity contribution >= 4 is 29.0 Å². The maximum absolute atomic E-state index is 6.30. The van der Waals surface area contributed by atoms with Crippen molar-refractivity contribution in [1.82, 2.24) is 0 Å². The summed E-state index contributed by atoms with van der Waals surface area (Å²) >= 11 is 0. The minimum Gasteiger partial charge on any atom is -0.433 e. The van der Waals surface area contributed by atoms with Gasteiger partial charge in [-0.1, -0.05) is 60.7 Å². The molecule has 0 unspecified atom stereocenters. The molecule has 0 bridgehead atoms. The zero-order valence-corrected chi connectivity index (χ0v) is 16.0. The van der Waals surface area contributed by atoms with E-state index in [0.29, 0.717) is 6.73 Å². The van der Waals surface area contributed by atoms with Crippen molar-refractivity contribution in [2.24, 2.45) is 0 Å². The highest BCUT2D eigenvalue weighted by molar-refractivity contribution is 5.89. The van der Waals surface area contributed by atoms with Crippen molar-refractivity contribution in [3.63, 3.8) is 0 Å². The van der Waals surface area contributed by atoms with Crippen LogP contribution in [-0.2, 0) is 0 Å². The Balaban J connectivity index is 1.64. The Hall–Kier alpha value is -3.85. The highest BCUT2D eigenvalue weighted by Gasteiger charge is 2.25. The molecule has 0 fully saturated rings. The molecule has 0 N–H and O–H groups in total. The van der Waals surface area contributed by atoms with Gasteiger partial charge in [-0.3, -0.25) is 0 Å². The number of anilines is 3. The molecule has 0 spiro atoms. The summed E-state index contributed by atoms with van der Waals surface area (Å²) in [5, 5.41) is 0. The molecule has 3 heteroatoms. The Kier molecular flexibility index (Phi) is 4.55. The lowest BCUT2D eigenvalue weighted by molar-refractivity contribution is -0.476. The molecule has 0 amide bonds. The number of nitrogens with zero attached hydrogens (tertiary/aromatic N) is 2. The van der Waals surface area contributed by atoms with E-state index in [1.54, 1.807) is 0 Å². The van der Waals surface area contributed by atoms with Crippen LogP contribution in [0, 0.1) is 0 Å². The topological polar surface area (TPSA) is 15.5 Å². The van der Waals surface area contributed by atoms with E-state index in [1.165, 1.54) is 0 Å². The number of para-hydroxylation sites is 4. The van der Waals surface area contributed by atoms with Gasteiger partial charge < -0.3 is 9.64 Å². The molecule has 4 aromatic rings. The van der Waals surface area contributed by atoms with Gasteiger partial charge in [0.25, 0.3) is 6.73 Å². The number of hydrogen-bond donors (Lipinski definition) is 0. The molecule has 0 radical (unpaired) electrons. The van der Waals surface area contributed by atoms with Gasteiger partial charge in [-0.15, -0.1) is 0 Å². The fourth-order valence-electron chi connectivity index (χ4n) is 3.67. The fraction of sp³-hybridized carbons (Fsp3) is 0.0385. The molecule has 0 aliphatic carbocycles.